The number of hydrogen-bond acceptors (Lipinski definition) is 8. The summed E-state index contributed by atoms with van der Waals surface area (Å²) in [5.74, 6) is 1.79. The number of thiazole rings is 1. The SMILES string of the molecule is CN(C)C.COc1nc2ncsc2c(OC)c1-c1c[nH]c2nc(NC(=O)C3CC3)ccc12. The molecule has 5 rings (SSSR count). The lowest BCUT2D eigenvalue weighted by molar-refractivity contribution is -0.117. The fourth-order valence-corrected chi connectivity index (χ4v) is 4.03. The number of amides is 1. The van der Waals surface area contributed by atoms with E-state index in [-0.39, 0.29) is 11.8 Å². The number of carbonyl (C=O) groups is 1. The highest BCUT2D eigenvalue weighted by Crippen LogP contribution is 2.45. The zero-order chi connectivity index (χ0) is 22.8. The van der Waals surface area contributed by atoms with E-state index in [2.05, 4.69) is 25.3 Å². The number of aromatic amines is 1. The van der Waals surface area contributed by atoms with Gasteiger partial charge in [-0.15, -0.1) is 11.3 Å². The highest BCUT2D eigenvalue weighted by Gasteiger charge is 2.30. The van der Waals surface area contributed by atoms with Gasteiger partial charge in [0, 0.05) is 23.1 Å². The zero-order valence-electron chi connectivity index (χ0n) is 18.7. The molecule has 0 bridgehead atoms. The number of carbonyl (C=O) groups excluding carboxylic acids is 1. The molecule has 32 heavy (non-hydrogen) atoms. The second-order valence-corrected chi connectivity index (χ2v) is 8.79. The number of nitrogens with zero attached hydrogens (tertiary/aromatic N) is 4. The smallest absolute Gasteiger partial charge is 0.228 e. The normalized spacial score (nSPS) is 13.2. The van der Waals surface area contributed by atoms with Crippen LogP contribution < -0.4 is 14.8 Å². The summed E-state index contributed by atoms with van der Waals surface area (Å²) in [6, 6.07) is 3.73. The lowest BCUT2D eigenvalue weighted by Crippen LogP contribution is -2.14. The molecule has 0 aromatic carbocycles. The summed E-state index contributed by atoms with van der Waals surface area (Å²) in [4.78, 5) is 30.5. The number of H-pyrrole nitrogens is 1. The third-order valence-corrected chi connectivity index (χ3v) is 5.62. The Hall–Kier alpha value is -3.24. The van der Waals surface area contributed by atoms with E-state index in [0.29, 0.717) is 28.7 Å². The van der Waals surface area contributed by atoms with Gasteiger partial charge in [-0.2, -0.15) is 4.98 Å². The van der Waals surface area contributed by atoms with E-state index < -0.39 is 0 Å². The standard InChI is InChI=1S/C19H17N5O3S.C3H9N/c1-26-14-13(19(27-2)24-17-15(14)28-8-21-17)11-7-20-16-10(11)5-6-12(22-16)23-18(25)9-3-4-9;1-4(2)3/h5-9H,3-4H2,1-2H3,(H2,20,22,23,25);1-3H3. The molecular weight excluding hydrogens is 428 g/mol. The van der Waals surface area contributed by atoms with Crippen molar-refractivity contribution in [3.63, 3.8) is 0 Å². The Morgan fingerprint density at radius 1 is 1.19 bits per heavy atom. The third-order valence-electron chi connectivity index (χ3n) is 4.81. The van der Waals surface area contributed by atoms with Crippen molar-refractivity contribution < 1.29 is 14.3 Å². The summed E-state index contributed by atoms with van der Waals surface area (Å²) in [6.07, 6.45) is 3.75. The lowest BCUT2D eigenvalue weighted by Gasteiger charge is -2.12. The number of methoxy groups -OCH3 is 2. The van der Waals surface area contributed by atoms with Crippen LogP contribution in [0.25, 0.3) is 32.5 Å². The van der Waals surface area contributed by atoms with Gasteiger partial charge in [-0.05, 0) is 46.1 Å². The Labute approximate surface area is 189 Å². The number of nitrogens with one attached hydrogen (secondary N) is 2. The molecule has 1 aliphatic carbocycles. The van der Waals surface area contributed by atoms with Crippen LogP contribution in [0.5, 0.6) is 11.6 Å². The number of aromatic nitrogens is 4. The summed E-state index contributed by atoms with van der Waals surface area (Å²) in [6.45, 7) is 0. The number of hydrogen-bond donors (Lipinski definition) is 2. The first-order valence-electron chi connectivity index (χ1n) is 10.2. The van der Waals surface area contributed by atoms with Gasteiger partial charge in [0.1, 0.15) is 16.2 Å². The van der Waals surface area contributed by atoms with Gasteiger partial charge in [0.15, 0.2) is 11.4 Å². The van der Waals surface area contributed by atoms with Crippen LogP contribution in [-0.4, -0.2) is 66.1 Å². The molecule has 9 nitrogen and oxygen atoms in total. The minimum atomic E-state index is 0.0295. The Morgan fingerprint density at radius 3 is 2.59 bits per heavy atom. The second-order valence-electron chi connectivity index (χ2n) is 7.93. The molecule has 1 saturated carbocycles. The molecule has 0 spiro atoms. The average Bonchev–Trinajstić information content (AvgIpc) is 3.38. The number of anilines is 1. The van der Waals surface area contributed by atoms with Gasteiger partial charge in [-0.3, -0.25) is 4.79 Å². The predicted molar refractivity (Wildman–Crippen MR) is 127 cm³/mol. The Balaban J connectivity index is 0.000000567. The molecule has 0 saturated heterocycles. The minimum Gasteiger partial charge on any atom is -0.494 e. The molecule has 1 fully saturated rings. The molecular formula is C22H26N6O3S. The molecule has 0 radical (unpaired) electrons. The maximum atomic E-state index is 12.0. The molecule has 4 heterocycles. The van der Waals surface area contributed by atoms with Gasteiger partial charge >= 0.3 is 0 Å². The maximum Gasteiger partial charge on any atom is 0.228 e. The van der Waals surface area contributed by atoms with Crippen LogP contribution in [0.15, 0.2) is 23.8 Å². The van der Waals surface area contributed by atoms with Crippen molar-refractivity contribution in [2.75, 3.05) is 40.7 Å². The third kappa shape index (κ3) is 4.37. The first kappa shape index (κ1) is 22.0. The lowest BCUT2D eigenvalue weighted by atomic mass is 10.1. The van der Waals surface area contributed by atoms with E-state index in [1.54, 1.807) is 25.8 Å². The first-order chi connectivity index (χ1) is 15.4. The quantitative estimate of drug-likeness (QED) is 0.473. The van der Waals surface area contributed by atoms with Crippen molar-refractivity contribution in [3.8, 4) is 22.8 Å². The van der Waals surface area contributed by atoms with E-state index in [9.17, 15) is 4.79 Å². The maximum absolute atomic E-state index is 12.0. The van der Waals surface area contributed by atoms with Crippen LogP contribution in [-0.2, 0) is 4.79 Å². The number of fused-ring (bicyclic) bond motifs is 2. The summed E-state index contributed by atoms with van der Waals surface area (Å²) in [7, 11) is 9.19. The summed E-state index contributed by atoms with van der Waals surface area (Å²) in [5, 5.41) is 3.75. The molecule has 1 aliphatic rings. The van der Waals surface area contributed by atoms with Crippen LogP contribution in [0, 0.1) is 5.92 Å². The van der Waals surface area contributed by atoms with Gasteiger partial charge in [-0.25, -0.2) is 9.97 Å². The van der Waals surface area contributed by atoms with E-state index in [4.69, 9.17) is 9.47 Å². The van der Waals surface area contributed by atoms with Crippen molar-refractivity contribution in [2.24, 2.45) is 5.92 Å². The topological polar surface area (TPSA) is 105 Å². The van der Waals surface area contributed by atoms with Crippen LogP contribution in [0.3, 0.4) is 0 Å². The molecule has 4 aromatic heterocycles. The van der Waals surface area contributed by atoms with E-state index in [1.807, 2.05) is 38.3 Å². The van der Waals surface area contributed by atoms with Crippen molar-refractivity contribution in [2.45, 2.75) is 12.8 Å². The molecule has 10 heteroatoms. The Bertz CT molecular complexity index is 1260. The van der Waals surface area contributed by atoms with Crippen molar-refractivity contribution in [1.29, 1.82) is 0 Å². The van der Waals surface area contributed by atoms with Crippen LogP contribution in [0.4, 0.5) is 5.82 Å². The number of ether oxygens (including phenoxy) is 2. The minimum absolute atomic E-state index is 0.0295. The monoisotopic (exact) mass is 454 g/mol. The fraction of sp³-hybridized carbons (Fsp3) is 0.364. The largest absolute Gasteiger partial charge is 0.494 e. The van der Waals surface area contributed by atoms with Crippen molar-refractivity contribution >= 4 is 44.4 Å². The fourth-order valence-electron chi connectivity index (χ4n) is 3.27. The molecule has 0 aliphatic heterocycles. The Morgan fingerprint density at radius 2 is 1.94 bits per heavy atom. The van der Waals surface area contributed by atoms with E-state index in [0.717, 1.165) is 34.1 Å². The second kappa shape index (κ2) is 9.09. The van der Waals surface area contributed by atoms with Gasteiger partial charge in [-0.1, -0.05) is 0 Å². The van der Waals surface area contributed by atoms with Crippen molar-refractivity contribution in [1.82, 2.24) is 24.8 Å². The Kier molecular flexibility index (Phi) is 6.24. The summed E-state index contributed by atoms with van der Waals surface area (Å²) < 4.78 is 12.1. The van der Waals surface area contributed by atoms with Crippen molar-refractivity contribution in [3.05, 3.63) is 23.8 Å². The number of pyridine rings is 2. The first-order valence-corrected chi connectivity index (χ1v) is 11.1. The van der Waals surface area contributed by atoms with Gasteiger partial charge in [0.2, 0.25) is 11.8 Å². The molecule has 0 atom stereocenters. The summed E-state index contributed by atoms with van der Waals surface area (Å²) >= 11 is 1.46. The predicted octanol–water partition coefficient (Wildman–Crippen LogP) is 3.78. The molecule has 2 N–H and O–H groups in total. The van der Waals surface area contributed by atoms with Crippen LogP contribution in [0.2, 0.25) is 0 Å². The number of rotatable bonds is 5. The van der Waals surface area contributed by atoms with E-state index in [1.165, 1.54) is 11.3 Å². The molecule has 4 aromatic rings. The van der Waals surface area contributed by atoms with Gasteiger partial charge < -0.3 is 24.7 Å². The zero-order valence-corrected chi connectivity index (χ0v) is 19.5. The molecule has 1 amide bonds. The molecule has 0 unspecified atom stereocenters. The highest BCUT2D eigenvalue weighted by molar-refractivity contribution is 7.17. The summed E-state index contributed by atoms with van der Waals surface area (Å²) in [5.41, 5.74) is 4.58. The van der Waals surface area contributed by atoms with Crippen LogP contribution >= 0.6 is 11.3 Å². The van der Waals surface area contributed by atoms with Crippen LogP contribution in [0.1, 0.15) is 12.8 Å². The van der Waals surface area contributed by atoms with Gasteiger partial charge in [0.05, 0.1) is 25.3 Å². The average molecular weight is 455 g/mol. The molecule has 168 valence electrons. The van der Waals surface area contributed by atoms with E-state index >= 15 is 0 Å². The highest BCUT2D eigenvalue weighted by atomic mass is 32.1. The van der Waals surface area contributed by atoms with Gasteiger partial charge in [0.25, 0.3) is 0 Å².